The fourth-order valence-electron chi connectivity index (χ4n) is 2.13. The summed E-state index contributed by atoms with van der Waals surface area (Å²) >= 11 is 13.1. The van der Waals surface area contributed by atoms with Gasteiger partial charge in [0.25, 0.3) is 0 Å². The number of rotatable bonds is 6. The van der Waals surface area contributed by atoms with Crippen molar-refractivity contribution in [3.8, 4) is 0 Å². The molecule has 2 aromatic rings. The zero-order chi connectivity index (χ0) is 15.2. The molecular weight excluding hydrogens is 415 g/mol. The Kier molecular flexibility index (Phi) is 6.68. The molecule has 2 nitrogen and oxygen atoms in total. The SMILES string of the molecule is CCCNC(Cc1ccc(Br)cn1)c1ccc(Cl)cc1Br. The van der Waals surface area contributed by atoms with Crippen molar-refractivity contribution in [3.05, 3.63) is 61.8 Å². The summed E-state index contributed by atoms with van der Waals surface area (Å²) in [6, 6.07) is 10.2. The molecule has 5 heteroatoms. The molecule has 0 saturated heterocycles. The van der Waals surface area contributed by atoms with Gasteiger partial charge in [0.1, 0.15) is 0 Å². The lowest BCUT2D eigenvalue weighted by Gasteiger charge is -2.20. The largest absolute Gasteiger partial charge is 0.310 e. The van der Waals surface area contributed by atoms with E-state index in [4.69, 9.17) is 11.6 Å². The number of hydrogen-bond donors (Lipinski definition) is 1. The molecule has 1 aromatic carbocycles. The van der Waals surface area contributed by atoms with Gasteiger partial charge in [-0.3, -0.25) is 4.98 Å². The summed E-state index contributed by atoms with van der Waals surface area (Å²) in [5.41, 5.74) is 2.27. The first-order valence-corrected chi connectivity index (χ1v) is 8.85. The summed E-state index contributed by atoms with van der Waals surface area (Å²) in [4.78, 5) is 4.47. The van der Waals surface area contributed by atoms with Gasteiger partial charge in [-0.25, -0.2) is 0 Å². The van der Waals surface area contributed by atoms with Crippen molar-refractivity contribution in [3.63, 3.8) is 0 Å². The molecular formula is C16H17Br2ClN2. The summed E-state index contributed by atoms with van der Waals surface area (Å²) in [6.45, 7) is 3.13. The zero-order valence-corrected chi connectivity index (χ0v) is 15.7. The van der Waals surface area contributed by atoms with E-state index in [-0.39, 0.29) is 6.04 Å². The van der Waals surface area contributed by atoms with Gasteiger partial charge in [0.2, 0.25) is 0 Å². The molecule has 0 saturated carbocycles. The Labute approximate surface area is 147 Å². The minimum Gasteiger partial charge on any atom is -0.310 e. The van der Waals surface area contributed by atoms with Crippen LogP contribution >= 0.6 is 43.5 Å². The topological polar surface area (TPSA) is 24.9 Å². The van der Waals surface area contributed by atoms with Gasteiger partial charge in [0.05, 0.1) is 0 Å². The maximum absolute atomic E-state index is 6.04. The van der Waals surface area contributed by atoms with Crippen LogP contribution in [0.3, 0.4) is 0 Å². The highest BCUT2D eigenvalue weighted by Crippen LogP contribution is 2.28. The fraction of sp³-hybridized carbons (Fsp3) is 0.312. The molecule has 0 aliphatic rings. The van der Waals surface area contributed by atoms with Crippen molar-refractivity contribution in [2.75, 3.05) is 6.54 Å². The Bertz CT molecular complexity index is 587. The molecule has 1 atom stereocenters. The predicted octanol–water partition coefficient (Wildman–Crippen LogP) is 5.54. The third-order valence-corrected chi connectivity index (χ3v) is 4.57. The maximum Gasteiger partial charge on any atom is 0.0423 e. The Morgan fingerprint density at radius 1 is 1.24 bits per heavy atom. The molecule has 112 valence electrons. The Morgan fingerprint density at radius 3 is 2.67 bits per heavy atom. The maximum atomic E-state index is 6.04. The summed E-state index contributed by atoms with van der Waals surface area (Å²) in [5.74, 6) is 0. The van der Waals surface area contributed by atoms with Crippen LogP contribution in [0.5, 0.6) is 0 Å². The lowest BCUT2D eigenvalue weighted by atomic mass is 10.0. The molecule has 0 amide bonds. The van der Waals surface area contributed by atoms with E-state index in [0.717, 1.165) is 39.0 Å². The van der Waals surface area contributed by atoms with Gasteiger partial charge in [-0.05, 0) is 58.7 Å². The van der Waals surface area contributed by atoms with Gasteiger partial charge in [0, 0.05) is 38.3 Å². The number of hydrogen-bond acceptors (Lipinski definition) is 2. The highest BCUT2D eigenvalue weighted by molar-refractivity contribution is 9.10. The average molecular weight is 433 g/mol. The first kappa shape index (κ1) is 16.9. The lowest BCUT2D eigenvalue weighted by molar-refractivity contribution is 0.523. The van der Waals surface area contributed by atoms with Gasteiger partial charge >= 0.3 is 0 Å². The van der Waals surface area contributed by atoms with E-state index in [1.54, 1.807) is 0 Å². The normalized spacial score (nSPS) is 12.4. The third-order valence-electron chi connectivity index (χ3n) is 3.18. The molecule has 0 radical (unpaired) electrons. The number of pyridine rings is 1. The Hall–Kier alpha value is -0.420. The highest BCUT2D eigenvalue weighted by Gasteiger charge is 2.15. The van der Waals surface area contributed by atoms with E-state index in [1.165, 1.54) is 5.56 Å². The molecule has 21 heavy (non-hydrogen) atoms. The Morgan fingerprint density at radius 2 is 2.05 bits per heavy atom. The second-order valence-electron chi connectivity index (χ2n) is 4.84. The summed E-state index contributed by atoms with van der Waals surface area (Å²) in [6.07, 6.45) is 3.77. The number of benzene rings is 1. The quantitative estimate of drug-likeness (QED) is 0.648. The van der Waals surface area contributed by atoms with Crippen LogP contribution in [0.1, 0.15) is 30.6 Å². The molecule has 0 bridgehead atoms. The summed E-state index contributed by atoms with van der Waals surface area (Å²) < 4.78 is 2.03. The van der Waals surface area contributed by atoms with Gasteiger partial charge in [0.15, 0.2) is 0 Å². The number of nitrogens with one attached hydrogen (secondary N) is 1. The van der Waals surface area contributed by atoms with E-state index < -0.39 is 0 Å². The predicted molar refractivity (Wildman–Crippen MR) is 95.8 cm³/mol. The van der Waals surface area contributed by atoms with Crippen LogP contribution in [0.2, 0.25) is 5.02 Å². The molecule has 1 aromatic heterocycles. The van der Waals surface area contributed by atoms with Gasteiger partial charge < -0.3 is 5.32 Å². The lowest BCUT2D eigenvalue weighted by Crippen LogP contribution is -2.24. The molecule has 0 fully saturated rings. The minimum absolute atomic E-state index is 0.213. The van der Waals surface area contributed by atoms with Crippen molar-refractivity contribution in [1.82, 2.24) is 10.3 Å². The summed E-state index contributed by atoms with van der Waals surface area (Å²) in [5, 5.41) is 4.32. The zero-order valence-electron chi connectivity index (χ0n) is 11.7. The van der Waals surface area contributed by atoms with E-state index in [0.29, 0.717) is 0 Å². The standard InChI is InChI=1S/C16H17Br2ClN2/c1-2-7-20-16(9-13-5-3-11(17)10-21-13)14-6-4-12(19)8-15(14)18/h3-6,8,10,16,20H,2,7,9H2,1H3. The van der Waals surface area contributed by atoms with Crippen molar-refractivity contribution < 1.29 is 0 Å². The monoisotopic (exact) mass is 430 g/mol. The van der Waals surface area contributed by atoms with Gasteiger partial charge in [-0.2, -0.15) is 0 Å². The van der Waals surface area contributed by atoms with E-state index >= 15 is 0 Å². The highest BCUT2D eigenvalue weighted by atomic mass is 79.9. The van der Waals surface area contributed by atoms with Crippen molar-refractivity contribution in [2.24, 2.45) is 0 Å². The van der Waals surface area contributed by atoms with E-state index in [9.17, 15) is 0 Å². The van der Waals surface area contributed by atoms with Gasteiger partial charge in [-0.1, -0.05) is 40.5 Å². The second-order valence-corrected chi connectivity index (χ2v) is 7.05. The molecule has 1 unspecified atom stereocenters. The molecule has 1 N–H and O–H groups in total. The van der Waals surface area contributed by atoms with E-state index in [1.807, 2.05) is 24.4 Å². The average Bonchev–Trinajstić information content (AvgIpc) is 2.46. The summed E-state index contributed by atoms with van der Waals surface area (Å²) in [7, 11) is 0. The fourth-order valence-corrected chi connectivity index (χ4v) is 3.32. The van der Waals surface area contributed by atoms with Crippen LogP contribution < -0.4 is 5.32 Å². The number of nitrogens with zero attached hydrogens (tertiary/aromatic N) is 1. The molecule has 0 aliphatic heterocycles. The second kappa shape index (κ2) is 8.28. The van der Waals surface area contributed by atoms with Crippen molar-refractivity contribution in [2.45, 2.75) is 25.8 Å². The van der Waals surface area contributed by atoms with E-state index in [2.05, 4.69) is 61.2 Å². The third kappa shape index (κ3) is 5.06. The smallest absolute Gasteiger partial charge is 0.0423 e. The molecule has 2 rings (SSSR count). The van der Waals surface area contributed by atoms with Crippen molar-refractivity contribution in [1.29, 1.82) is 0 Å². The van der Waals surface area contributed by atoms with Crippen LogP contribution in [-0.2, 0) is 6.42 Å². The van der Waals surface area contributed by atoms with Crippen molar-refractivity contribution >= 4 is 43.5 Å². The molecule has 1 heterocycles. The van der Waals surface area contributed by atoms with Crippen LogP contribution in [0.25, 0.3) is 0 Å². The first-order chi connectivity index (χ1) is 10.1. The molecule has 0 aliphatic carbocycles. The minimum atomic E-state index is 0.213. The number of halogens is 3. The van der Waals surface area contributed by atoms with Crippen LogP contribution in [0.4, 0.5) is 0 Å². The van der Waals surface area contributed by atoms with Crippen LogP contribution in [0.15, 0.2) is 45.5 Å². The van der Waals surface area contributed by atoms with Crippen LogP contribution in [-0.4, -0.2) is 11.5 Å². The van der Waals surface area contributed by atoms with Crippen LogP contribution in [0, 0.1) is 0 Å². The van der Waals surface area contributed by atoms with Gasteiger partial charge in [-0.15, -0.1) is 0 Å². The number of aromatic nitrogens is 1. The first-order valence-electron chi connectivity index (χ1n) is 6.89. The Balaban J connectivity index is 2.22. The molecule has 0 spiro atoms.